The lowest BCUT2D eigenvalue weighted by Crippen LogP contribution is -2.38. The summed E-state index contributed by atoms with van der Waals surface area (Å²) < 4.78 is 0. The molecule has 2 heterocycles. The van der Waals surface area contributed by atoms with Gasteiger partial charge in [-0.2, -0.15) is 0 Å². The second-order valence-corrected chi connectivity index (χ2v) is 10.2. The lowest BCUT2D eigenvalue weighted by atomic mass is 9.72. The molecule has 2 aromatic rings. The van der Waals surface area contributed by atoms with Crippen molar-refractivity contribution < 1.29 is 4.79 Å². The van der Waals surface area contributed by atoms with Crippen molar-refractivity contribution in [2.45, 2.75) is 46.2 Å². The zero-order valence-corrected chi connectivity index (χ0v) is 17.4. The molecule has 138 valence electrons. The van der Waals surface area contributed by atoms with Gasteiger partial charge >= 0.3 is 0 Å². The van der Waals surface area contributed by atoms with Gasteiger partial charge in [-0.3, -0.25) is 4.79 Å². The van der Waals surface area contributed by atoms with Crippen molar-refractivity contribution in [1.29, 1.82) is 0 Å². The number of amides is 1. The molecule has 6 heteroatoms. The third-order valence-electron chi connectivity index (χ3n) is 5.54. The van der Waals surface area contributed by atoms with Gasteiger partial charge in [0.25, 0.3) is 5.91 Å². The van der Waals surface area contributed by atoms with Gasteiger partial charge in [-0.05, 0) is 53.9 Å². The van der Waals surface area contributed by atoms with E-state index in [1.807, 2.05) is 6.07 Å². The van der Waals surface area contributed by atoms with Gasteiger partial charge in [0.05, 0.1) is 15.6 Å². The van der Waals surface area contributed by atoms with E-state index in [0.29, 0.717) is 21.4 Å². The third-order valence-corrected chi connectivity index (χ3v) is 7.47. The van der Waals surface area contributed by atoms with Crippen molar-refractivity contribution in [2.75, 3.05) is 5.32 Å². The predicted molar refractivity (Wildman–Crippen MR) is 110 cm³/mol. The second kappa shape index (κ2) is 6.43. The van der Waals surface area contributed by atoms with Gasteiger partial charge in [-0.15, -0.1) is 11.3 Å². The number of hydrogen-bond acceptors (Lipinski definition) is 3. The summed E-state index contributed by atoms with van der Waals surface area (Å²) in [5.41, 5.74) is 3.27. The van der Waals surface area contributed by atoms with Crippen LogP contribution in [-0.4, -0.2) is 5.91 Å². The molecule has 4 rings (SSSR count). The summed E-state index contributed by atoms with van der Waals surface area (Å²) in [6.45, 7) is 6.92. The predicted octanol–water partition coefficient (Wildman–Crippen LogP) is 6.06. The molecule has 2 atom stereocenters. The van der Waals surface area contributed by atoms with E-state index in [0.717, 1.165) is 35.4 Å². The molecule has 3 nitrogen and oxygen atoms in total. The summed E-state index contributed by atoms with van der Waals surface area (Å²) >= 11 is 13.9. The Hall–Kier alpha value is -1.23. The average Bonchev–Trinajstić information content (AvgIpc) is 2.94. The summed E-state index contributed by atoms with van der Waals surface area (Å²) in [5.74, 6) is 0.658. The lowest BCUT2D eigenvalue weighted by molar-refractivity contribution is 0.0935. The summed E-state index contributed by atoms with van der Waals surface area (Å²) in [6.07, 6.45) is 2.89. The van der Waals surface area contributed by atoms with Gasteiger partial charge in [0, 0.05) is 4.88 Å². The Bertz CT molecular complexity index is 885. The number of anilines is 1. The van der Waals surface area contributed by atoms with Crippen LogP contribution in [0.15, 0.2) is 18.2 Å². The molecule has 1 aliphatic carbocycles. The molecule has 1 amide bonds. The summed E-state index contributed by atoms with van der Waals surface area (Å²) in [5, 5.41) is 8.53. The van der Waals surface area contributed by atoms with Crippen LogP contribution in [0.1, 0.15) is 59.7 Å². The molecule has 26 heavy (non-hydrogen) atoms. The van der Waals surface area contributed by atoms with E-state index in [1.165, 1.54) is 10.4 Å². The molecule has 0 spiro atoms. The maximum absolute atomic E-state index is 12.8. The zero-order chi connectivity index (χ0) is 18.6. The Morgan fingerprint density at radius 2 is 1.92 bits per heavy atom. The van der Waals surface area contributed by atoms with Crippen LogP contribution in [0.3, 0.4) is 0 Å². The minimum absolute atomic E-state index is 0.00142. The number of nitrogens with one attached hydrogen (secondary N) is 2. The van der Waals surface area contributed by atoms with E-state index >= 15 is 0 Å². The molecule has 0 bridgehead atoms. The first-order valence-corrected chi connectivity index (χ1v) is 10.5. The van der Waals surface area contributed by atoms with Crippen LogP contribution in [0.4, 0.5) is 5.00 Å². The molecule has 1 aromatic carbocycles. The molecule has 1 aromatic heterocycles. The van der Waals surface area contributed by atoms with Crippen molar-refractivity contribution in [1.82, 2.24) is 5.32 Å². The van der Waals surface area contributed by atoms with Crippen molar-refractivity contribution in [2.24, 2.45) is 11.3 Å². The molecule has 2 aliphatic rings. The van der Waals surface area contributed by atoms with Crippen LogP contribution in [0, 0.1) is 11.3 Å². The Balaban J connectivity index is 1.65. The summed E-state index contributed by atoms with van der Waals surface area (Å²) in [7, 11) is 0. The fourth-order valence-electron chi connectivity index (χ4n) is 3.90. The van der Waals surface area contributed by atoms with Gasteiger partial charge < -0.3 is 10.6 Å². The van der Waals surface area contributed by atoms with E-state index in [1.54, 1.807) is 23.5 Å². The largest absolute Gasteiger partial charge is 0.353 e. The van der Waals surface area contributed by atoms with Gasteiger partial charge in [0.1, 0.15) is 11.2 Å². The molecular weight excluding hydrogens is 387 g/mol. The van der Waals surface area contributed by atoms with Crippen LogP contribution in [-0.2, 0) is 12.8 Å². The molecule has 0 fully saturated rings. The smallest absolute Gasteiger partial charge is 0.256 e. The first-order chi connectivity index (χ1) is 12.2. The van der Waals surface area contributed by atoms with Gasteiger partial charge in [-0.25, -0.2) is 0 Å². The first-order valence-electron chi connectivity index (χ1n) is 8.91. The molecule has 0 saturated heterocycles. The average molecular weight is 409 g/mol. The highest BCUT2D eigenvalue weighted by Gasteiger charge is 2.36. The number of rotatable bonds is 1. The minimum Gasteiger partial charge on any atom is -0.353 e. The Kier molecular flexibility index (Phi) is 4.49. The highest BCUT2D eigenvalue weighted by molar-refractivity contribution is 7.16. The third kappa shape index (κ3) is 3.12. The van der Waals surface area contributed by atoms with Gasteiger partial charge in [-0.1, -0.05) is 50.0 Å². The van der Waals surface area contributed by atoms with E-state index < -0.39 is 0 Å². The topological polar surface area (TPSA) is 41.1 Å². The van der Waals surface area contributed by atoms with Crippen molar-refractivity contribution >= 4 is 45.4 Å². The van der Waals surface area contributed by atoms with Crippen LogP contribution in [0.5, 0.6) is 0 Å². The number of benzene rings is 1. The maximum Gasteiger partial charge on any atom is 0.256 e. The molecule has 0 radical (unpaired) electrons. The number of thiophene rings is 1. The minimum atomic E-state index is -0.289. The molecule has 2 N–H and O–H groups in total. The summed E-state index contributed by atoms with van der Waals surface area (Å²) in [6, 6.07) is 5.45. The number of halogens is 2. The first kappa shape index (κ1) is 18.1. The zero-order valence-electron chi connectivity index (χ0n) is 15.1. The molecular formula is C20H22Cl2N2OS. The van der Waals surface area contributed by atoms with Crippen molar-refractivity contribution in [3.8, 4) is 0 Å². The fourth-order valence-corrected chi connectivity index (χ4v) is 5.56. The van der Waals surface area contributed by atoms with Crippen molar-refractivity contribution in [3.63, 3.8) is 0 Å². The number of fused-ring (bicyclic) bond motifs is 3. The monoisotopic (exact) mass is 408 g/mol. The fraction of sp³-hybridized carbons (Fsp3) is 0.450. The normalized spacial score (nSPS) is 22.3. The van der Waals surface area contributed by atoms with Crippen LogP contribution in [0.2, 0.25) is 10.0 Å². The number of hydrogen-bond donors (Lipinski definition) is 2. The van der Waals surface area contributed by atoms with E-state index in [-0.39, 0.29) is 12.1 Å². The number of carbonyl (C=O) groups is 1. The maximum atomic E-state index is 12.8. The highest BCUT2D eigenvalue weighted by atomic mass is 35.5. The Morgan fingerprint density at radius 1 is 1.15 bits per heavy atom. The standard InChI is InChI=1S/C20H22Cl2N2OS/c1-20(2,3)11-5-6-12-15(9-11)26-19-16(12)18(25)23-17(24-19)10-4-7-13(21)14(22)8-10/h4,7-8,11,17,24H,5-6,9H2,1-3H3,(H,23,25)/t11-,17-/m0/s1. The van der Waals surface area contributed by atoms with Gasteiger partial charge in [0.15, 0.2) is 0 Å². The van der Waals surface area contributed by atoms with E-state index in [2.05, 4.69) is 31.4 Å². The number of carbonyl (C=O) groups excluding carboxylic acids is 1. The quantitative estimate of drug-likeness (QED) is 0.601. The molecule has 0 unspecified atom stereocenters. The SMILES string of the molecule is CC(C)(C)[C@H]1CCc2c(sc3c2C(=O)N[C@H](c2ccc(Cl)c(Cl)c2)N3)C1. The Morgan fingerprint density at radius 3 is 2.62 bits per heavy atom. The summed E-state index contributed by atoms with van der Waals surface area (Å²) in [4.78, 5) is 14.2. The van der Waals surface area contributed by atoms with Crippen LogP contribution in [0.25, 0.3) is 0 Å². The van der Waals surface area contributed by atoms with Crippen LogP contribution >= 0.6 is 34.5 Å². The second-order valence-electron chi connectivity index (χ2n) is 8.24. The molecule has 1 aliphatic heterocycles. The van der Waals surface area contributed by atoms with E-state index in [4.69, 9.17) is 23.2 Å². The van der Waals surface area contributed by atoms with E-state index in [9.17, 15) is 4.79 Å². The Labute approximate surface area is 168 Å². The van der Waals surface area contributed by atoms with Gasteiger partial charge in [0.2, 0.25) is 0 Å². The highest BCUT2D eigenvalue weighted by Crippen LogP contribution is 2.46. The van der Waals surface area contributed by atoms with Crippen molar-refractivity contribution in [3.05, 3.63) is 49.8 Å². The van der Waals surface area contributed by atoms with Crippen LogP contribution < -0.4 is 10.6 Å². The molecule has 0 saturated carbocycles. The lowest BCUT2D eigenvalue weighted by Gasteiger charge is -2.34.